The van der Waals surface area contributed by atoms with E-state index in [2.05, 4.69) is 4.84 Å². The van der Waals surface area contributed by atoms with Crippen LogP contribution in [0.2, 0.25) is 0 Å². The number of nitro groups is 1. The number of carboxylic acid groups (broad SMARTS) is 1. The van der Waals surface area contributed by atoms with Crippen LogP contribution in [0.15, 0.2) is 12.1 Å². The number of halogens is 1. The molecular weight excluding hydrogens is 296 g/mol. The minimum Gasteiger partial charge on any atom is -0.527 e. The van der Waals surface area contributed by atoms with Crippen molar-refractivity contribution in [1.29, 1.82) is 0 Å². The number of nitro benzene ring substituents is 1. The lowest BCUT2D eigenvalue weighted by atomic mass is 10.1. The van der Waals surface area contributed by atoms with Gasteiger partial charge in [-0.2, -0.15) is 0 Å². The Kier molecular flexibility index (Phi) is 5.35. The molecule has 0 spiro atoms. The Morgan fingerprint density at radius 2 is 2.05 bits per heavy atom. The Balaban J connectivity index is 3.13. The summed E-state index contributed by atoms with van der Waals surface area (Å²) >= 11 is 5.15. The molecule has 0 aliphatic heterocycles. The second kappa shape index (κ2) is 6.78. The number of methoxy groups -OCH3 is 2. The zero-order valence-electron chi connectivity index (χ0n) is 10.5. The first-order valence-electron chi connectivity index (χ1n) is 5.10. The molecule has 1 aromatic carbocycles. The van der Waals surface area contributed by atoms with E-state index >= 15 is 0 Å². The third kappa shape index (κ3) is 3.39. The van der Waals surface area contributed by atoms with Gasteiger partial charge in [0.05, 0.1) is 24.7 Å². The fourth-order valence-corrected chi connectivity index (χ4v) is 1.50. The van der Waals surface area contributed by atoms with Crippen molar-refractivity contribution < 1.29 is 29.1 Å². The van der Waals surface area contributed by atoms with Crippen LogP contribution >= 0.6 is 11.8 Å². The maximum atomic E-state index is 11.1. The fraction of sp³-hybridized carbons (Fsp3) is 0.300. The topological polar surface area (TPSA) is 114 Å². The molecular formula is C10H10ClN2O7-. The van der Waals surface area contributed by atoms with Gasteiger partial charge in [0.25, 0.3) is 0 Å². The summed E-state index contributed by atoms with van der Waals surface area (Å²) in [6.45, 7) is -0.464. The molecule has 0 atom stereocenters. The molecule has 9 nitrogen and oxygen atoms in total. The van der Waals surface area contributed by atoms with Gasteiger partial charge >= 0.3 is 5.69 Å². The van der Waals surface area contributed by atoms with E-state index in [9.17, 15) is 20.0 Å². The monoisotopic (exact) mass is 305 g/mol. The Morgan fingerprint density at radius 1 is 1.40 bits per heavy atom. The van der Waals surface area contributed by atoms with Gasteiger partial charge in [0.1, 0.15) is 6.61 Å². The minimum atomic E-state index is -1.80. The van der Waals surface area contributed by atoms with Gasteiger partial charge in [-0.3, -0.25) is 15.0 Å². The third-order valence-corrected chi connectivity index (χ3v) is 2.50. The van der Waals surface area contributed by atoms with Gasteiger partial charge in [-0.15, -0.1) is 4.58 Å². The van der Waals surface area contributed by atoms with Crippen molar-refractivity contribution in [2.75, 3.05) is 14.2 Å². The van der Waals surface area contributed by atoms with Crippen molar-refractivity contribution in [2.45, 2.75) is 6.61 Å². The van der Waals surface area contributed by atoms with Crippen molar-refractivity contribution in [3.05, 3.63) is 27.8 Å². The lowest BCUT2D eigenvalue weighted by Crippen LogP contribution is -2.34. The van der Waals surface area contributed by atoms with E-state index in [-0.39, 0.29) is 21.6 Å². The highest BCUT2D eigenvalue weighted by molar-refractivity contribution is 6.18. The fourth-order valence-electron chi connectivity index (χ4n) is 1.45. The molecule has 20 heavy (non-hydrogen) atoms. The third-order valence-electron chi connectivity index (χ3n) is 2.26. The van der Waals surface area contributed by atoms with Crippen LogP contribution in [0, 0.1) is 10.1 Å². The number of ether oxygens (including phenoxy) is 2. The number of carbonyl (C=O) groups excluding carboxylic acids is 1. The molecule has 0 unspecified atom stereocenters. The molecule has 0 bridgehead atoms. The minimum absolute atomic E-state index is 0.0551. The van der Waals surface area contributed by atoms with Crippen LogP contribution in [0.25, 0.3) is 0 Å². The van der Waals surface area contributed by atoms with E-state index in [0.717, 1.165) is 0 Å². The second-order valence-corrected chi connectivity index (χ2v) is 3.66. The normalized spacial score (nSPS) is 9.95. The number of hydroxylamine groups is 1. The number of hydrogen-bond donors (Lipinski definition) is 0. The molecule has 0 heterocycles. The van der Waals surface area contributed by atoms with E-state index in [1.54, 1.807) is 0 Å². The first-order chi connectivity index (χ1) is 9.42. The molecule has 0 saturated heterocycles. The molecule has 0 radical (unpaired) electrons. The van der Waals surface area contributed by atoms with Gasteiger partial charge in [0.15, 0.2) is 11.8 Å². The predicted molar refractivity (Wildman–Crippen MR) is 64.1 cm³/mol. The Morgan fingerprint density at radius 3 is 2.50 bits per heavy atom. The van der Waals surface area contributed by atoms with E-state index < -0.39 is 23.3 Å². The largest absolute Gasteiger partial charge is 0.527 e. The van der Waals surface area contributed by atoms with Gasteiger partial charge in [0.2, 0.25) is 5.75 Å². The van der Waals surface area contributed by atoms with Crippen molar-refractivity contribution in [2.24, 2.45) is 0 Å². The molecule has 1 amide bonds. The van der Waals surface area contributed by atoms with Gasteiger partial charge in [0, 0.05) is 11.8 Å². The second-order valence-electron chi connectivity index (χ2n) is 3.35. The highest BCUT2D eigenvalue weighted by Crippen LogP contribution is 2.39. The molecule has 1 rings (SSSR count). The Hall–Kier alpha value is -2.26. The Bertz CT molecular complexity index is 523. The van der Waals surface area contributed by atoms with Gasteiger partial charge < -0.3 is 19.4 Å². The summed E-state index contributed by atoms with van der Waals surface area (Å²) in [6, 6.07) is 2.75. The number of carbonyl (C=O) groups is 1. The van der Waals surface area contributed by atoms with Gasteiger partial charge in [-0.25, -0.2) is 0 Å². The summed E-state index contributed by atoms with van der Waals surface area (Å²) in [7, 11) is 2.57. The first-order valence-corrected chi connectivity index (χ1v) is 5.44. The maximum Gasteiger partial charge on any atom is 0.320 e. The number of amides is 1. The standard InChI is InChI=1S/C10H11ClN2O7/c1-18-7-4-3-6(5-20-12(11)10(14)15)8(13(16)17)9(7)19-2/h3-4H,5H2,1-2H3,(H,14,15)/p-1. The molecule has 0 fully saturated rings. The summed E-state index contributed by atoms with van der Waals surface area (Å²) in [6.07, 6.45) is -1.80. The predicted octanol–water partition coefficient (Wildman–Crippen LogP) is 0.843. The average molecular weight is 306 g/mol. The van der Waals surface area contributed by atoms with Crippen molar-refractivity contribution in [3.63, 3.8) is 0 Å². The number of nitrogens with zero attached hydrogens (tertiary/aromatic N) is 2. The van der Waals surface area contributed by atoms with Crippen LogP contribution < -0.4 is 14.6 Å². The smallest absolute Gasteiger partial charge is 0.320 e. The maximum absolute atomic E-state index is 11.1. The van der Waals surface area contributed by atoms with E-state index in [1.807, 2.05) is 0 Å². The van der Waals surface area contributed by atoms with E-state index in [0.29, 0.717) is 0 Å². The average Bonchev–Trinajstić information content (AvgIpc) is 2.42. The summed E-state index contributed by atoms with van der Waals surface area (Å²) in [5, 5.41) is 21.4. The summed E-state index contributed by atoms with van der Waals surface area (Å²) in [4.78, 5) is 25.3. The number of benzene rings is 1. The molecule has 10 heteroatoms. The summed E-state index contributed by atoms with van der Waals surface area (Å²) < 4.78 is 9.78. The zero-order chi connectivity index (χ0) is 15.3. The quantitative estimate of drug-likeness (QED) is 0.434. The molecule has 0 aliphatic carbocycles. The van der Waals surface area contributed by atoms with Crippen LogP contribution in [0.4, 0.5) is 10.5 Å². The SMILES string of the molecule is COc1ccc(CON(Cl)C(=O)[O-])c([N+](=O)[O-])c1OC. The van der Waals surface area contributed by atoms with Gasteiger partial charge in [-0.05, 0) is 12.1 Å². The van der Waals surface area contributed by atoms with Crippen LogP contribution in [-0.2, 0) is 11.4 Å². The number of rotatable bonds is 6. The van der Waals surface area contributed by atoms with Crippen LogP contribution in [0.1, 0.15) is 5.56 Å². The Labute approximate surface area is 118 Å². The van der Waals surface area contributed by atoms with Crippen molar-refractivity contribution in [3.8, 4) is 11.5 Å². The molecule has 1 aromatic rings. The van der Waals surface area contributed by atoms with Crippen molar-refractivity contribution >= 4 is 23.6 Å². The number of hydrogen-bond acceptors (Lipinski definition) is 7. The van der Waals surface area contributed by atoms with Crippen LogP contribution in [0.3, 0.4) is 0 Å². The molecule has 0 saturated carbocycles. The zero-order valence-corrected chi connectivity index (χ0v) is 11.2. The molecule has 0 aliphatic rings. The van der Waals surface area contributed by atoms with Gasteiger partial charge in [-0.1, -0.05) is 0 Å². The lowest BCUT2D eigenvalue weighted by molar-refractivity contribution is -0.387. The van der Waals surface area contributed by atoms with Crippen LogP contribution in [-0.4, -0.2) is 29.8 Å². The van der Waals surface area contributed by atoms with Crippen molar-refractivity contribution in [1.82, 2.24) is 4.58 Å². The molecule has 110 valence electrons. The highest BCUT2D eigenvalue weighted by atomic mass is 35.5. The first kappa shape index (κ1) is 15.8. The van der Waals surface area contributed by atoms with E-state index in [1.165, 1.54) is 26.4 Å². The summed E-state index contributed by atoms with van der Waals surface area (Å²) in [5.41, 5.74) is -0.352. The molecule has 0 N–H and O–H groups in total. The van der Waals surface area contributed by atoms with E-state index in [4.69, 9.17) is 21.3 Å². The molecule has 0 aromatic heterocycles. The summed E-state index contributed by atoms with van der Waals surface area (Å²) in [5.74, 6) is 0.0544. The highest BCUT2D eigenvalue weighted by Gasteiger charge is 2.25. The lowest BCUT2D eigenvalue weighted by Gasteiger charge is -2.16. The van der Waals surface area contributed by atoms with Crippen LogP contribution in [0.5, 0.6) is 11.5 Å².